The summed E-state index contributed by atoms with van der Waals surface area (Å²) in [5.41, 5.74) is 0.297. The summed E-state index contributed by atoms with van der Waals surface area (Å²) in [6.45, 7) is 7.24. The number of rotatable bonds is 6. The Balaban J connectivity index is 4.04. The predicted molar refractivity (Wildman–Crippen MR) is 66.9 cm³/mol. The van der Waals surface area contributed by atoms with Gasteiger partial charge >= 0.3 is 0 Å². The van der Waals surface area contributed by atoms with Crippen LogP contribution in [0.2, 0.25) is 0 Å². The van der Waals surface area contributed by atoms with Gasteiger partial charge in [0.1, 0.15) is 5.82 Å². The maximum atomic E-state index is 10.8. The predicted octanol–water partition coefficient (Wildman–Crippen LogP) is 0.709. The van der Waals surface area contributed by atoms with Crippen LogP contribution in [0, 0.1) is 5.41 Å². The van der Waals surface area contributed by atoms with Crippen molar-refractivity contribution in [2.24, 2.45) is 10.6 Å². The summed E-state index contributed by atoms with van der Waals surface area (Å²) in [5.74, 6) is 0.427. The maximum absolute atomic E-state index is 10.8. The first-order chi connectivity index (χ1) is 7.14. The molecular formula is C10H23N3O2S. The molecule has 0 atom stereocenters. The highest BCUT2D eigenvalue weighted by Gasteiger charge is 2.09. The van der Waals surface area contributed by atoms with E-state index in [9.17, 15) is 8.42 Å². The van der Waals surface area contributed by atoms with Crippen LogP contribution in [-0.2, 0) is 10.0 Å². The molecule has 0 unspecified atom stereocenters. The Hall–Kier alpha value is -0.750. The van der Waals surface area contributed by atoms with Crippen molar-refractivity contribution in [1.82, 2.24) is 10.6 Å². The average Bonchev–Trinajstić information content (AvgIpc) is 2.06. The molecule has 0 aromatic heterocycles. The molecule has 0 saturated heterocycles. The first-order valence-electron chi connectivity index (χ1n) is 5.30. The number of nitrogens with one attached hydrogen (secondary N) is 2. The zero-order valence-electron chi connectivity index (χ0n) is 10.5. The highest BCUT2D eigenvalue weighted by molar-refractivity contribution is 7.92. The van der Waals surface area contributed by atoms with Crippen LogP contribution in [0.1, 0.15) is 33.6 Å². The van der Waals surface area contributed by atoms with Crippen molar-refractivity contribution >= 4 is 10.0 Å². The van der Waals surface area contributed by atoms with Crippen LogP contribution < -0.4 is 15.8 Å². The molecule has 0 rings (SSSR count). The highest BCUT2D eigenvalue weighted by Crippen LogP contribution is 2.19. The van der Waals surface area contributed by atoms with E-state index in [1.54, 1.807) is 7.05 Å². The summed E-state index contributed by atoms with van der Waals surface area (Å²) in [6, 6.07) is 0. The molecule has 5 nitrogen and oxygen atoms in total. The van der Waals surface area contributed by atoms with Gasteiger partial charge in [0, 0.05) is 13.6 Å². The smallest absolute Gasteiger partial charge is 0.234 e. The molecule has 6 heteroatoms. The summed E-state index contributed by atoms with van der Waals surface area (Å²) in [6.07, 6.45) is 2.06. The van der Waals surface area contributed by atoms with Crippen LogP contribution in [0.25, 0.3) is 0 Å². The Morgan fingerprint density at radius 2 is 1.94 bits per heavy atom. The number of hydrogen-bond donors (Lipinski definition) is 3. The minimum Gasteiger partial charge on any atom is -0.374 e. The van der Waals surface area contributed by atoms with Gasteiger partial charge < -0.3 is 10.6 Å². The van der Waals surface area contributed by atoms with Crippen molar-refractivity contribution in [1.29, 1.82) is 0 Å². The molecule has 0 aliphatic carbocycles. The van der Waals surface area contributed by atoms with Gasteiger partial charge in [-0.2, -0.15) is 0 Å². The van der Waals surface area contributed by atoms with Crippen LogP contribution in [0.4, 0.5) is 0 Å². The molecule has 0 saturated carbocycles. The molecule has 0 fully saturated rings. The minimum atomic E-state index is -3.59. The van der Waals surface area contributed by atoms with E-state index in [1.165, 1.54) is 0 Å². The molecule has 0 radical (unpaired) electrons. The van der Waals surface area contributed by atoms with Crippen molar-refractivity contribution in [3.8, 4) is 0 Å². The van der Waals surface area contributed by atoms with Gasteiger partial charge in [-0.25, -0.2) is 13.6 Å². The van der Waals surface area contributed by atoms with Crippen molar-refractivity contribution in [2.45, 2.75) is 33.6 Å². The monoisotopic (exact) mass is 249 g/mol. The fraction of sp³-hybridized carbons (Fsp3) is 0.800. The van der Waals surface area contributed by atoms with Gasteiger partial charge in [0.05, 0.1) is 5.41 Å². The Kier molecular flexibility index (Phi) is 5.81. The SMILES string of the molecule is CN/C(=C\S(N)(=O)=O)NCCCC(C)(C)C. The molecule has 4 N–H and O–H groups in total. The van der Waals surface area contributed by atoms with E-state index in [1.807, 2.05) is 0 Å². The molecule has 0 aliphatic heterocycles. The van der Waals surface area contributed by atoms with Gasteiger partial charge in [-0.3, -0.25) is 0 Å². The van der Waals surface area contributed by atoms with Crippen LogP contribution in [0.15, 0.2) is 11.2 Å². The number of hydrogen-bond acceptors (Lipinski definition) is 4. The lowest BCUT2D eigenvalue weighted by Crippen LogP contribution is -2.27. The van der Waals surface area contributed by atoms with Crippen LogP contribution in [0.5, 0.6) is 0 Å². The van der Waals surface area contributed by atoms with Gasteiger partial charge in [0.25, 0.3) is 0 Å². The van der Waals surface area contributed by atoms with Crippen molar-refractivity contribution < 1.29 is 8.42 Å². The van der Waals surface area contributed by atoms with Crippen molar-refractivity contribution in [3.05, 3.63) is 11.2 Å². The van der Waals surface area contributed by atoms with Crippen molar-refractivity contribution in [2.75, 3.05) is 13.6 Å². The quantitative estimate of drug-likeness (QED) is 0.605. The van der Waals surface area contributed by atoms with Gasteiger partial charge in [0.15, 0.2) is 0 Å². The molecule has 0 amide bonds. The van der Waals surface area contributed by atoms with E-state index in [2.05, 4.69) is 31.4 Å². The van der Waals surface area contributed by atoms with E-state index in [0.29, 0.717) is 11.2 Å². The Morgan fingerprint density at radius 3 is 2.31 bits per heavy atom. The molecule has 0 heterocycles. The van der Waals surface area contributed by atoms with Crippen molar-refractivity contribution in [3.63, 3.8) is 0 Å². The summed E-state index contributed by atoms with van der Waals surface area (Å²) >= 11 is 0. The zero-order chi connectivity index (χ0) is 12.8. The zero-order valence-corrected chi connectivity index (χ0v) is 11.3. The largest absolute Gasteiger partial charge is 0.374 e. The number of nitrogens with two attached hydrogens (primary N) is 1. The number of sulfonamides is 1. The van der Waals surface area contributed by atoms with E-state index >= 15 is 0 Å². The van der Waals surface area contributed by atoms with Crippen LogP contribution >= 0.6 is 0 Å². The van der Waals surface area contributed by atoms with Crippen LogP contribution in [-0.4, -0.2) is 22.0 Å². The third-order valence-corrected chi connectivity index (χ3v) is 2.53. The summed E-state index contributed by atoms with van der Waals surface area (Å²) < 4.78 is 21.6. The molecule has 96 valence electrons. The normalized spacial score (nSPS) is 13.7. The van der Waals surface area contributed by atoms with Gasteiger partial charge in [0.2, 0.25) is 10.0 Å². The van der Waals surface area contributed by atoms with Crippen LogP contribution in [0.3, 0.4) is 0 Å². The molecule has 0 aromatic rings. The molecular weight excluding hydrogens is 226 g/mol. The fourth-order valence-electron chi connectivity index (χ4n) is 1.20. The summed E-state index contributed by atoms with van der Waals surface area (Å²) in [4.78, 5) is 0. The second-order valence-corrected chi connectivity index (χ2v) is 6.38. The third kappa shape index (κ3) is 9.79. The molecule has 0 aromatic carbocycles. The Morgan fingerprint density at radius 1 is 1.38 bits per heavy atom. The fourth-order valence-corrected chi connectivity index (χ4v) is 1.72. The second-order valence-electron chi connectivity index (χ2n) is 4.96. The van der Waals surface area contributed by atoms with E-state index < -0.39 is 10.0 Å². The maximum Gasteiger partial charge on any atom is 0.234 e. The molecule has 0 bridgehead atoms. The Labute approximate surface area is 98.5 Å². The average molecular weight is 249 g/mol. The van der Waals surface area contributed by atoms with E-state index in [4.69, 9.17) is 5.14 Å². The first kappa shape index (κ1) is 15.2. The van der Waals surface area contributed by atoms with E-state index in [-0.39, 0.29) is 0 Å². The number of primary sulfonamides is 1. The lowest BCUT2D eigenvalue weighted by Gasteiger charge is -2.18. The lowest BCUT2D eigenvalue weighted by molar-refractivity contribution is 0.363. The standard InChI is InChI=1S/C10H23N3O2S/c1-10(2,3)6-5-7-13-9(12-4)8-16(11,14)15/h8,12-13H,5-7H2,1-4H3,(H2,11,14,15)/b9-8+. The van der Waals surface area contributed by atoms with E-state index in [0.717, 1.165) is 24.8 Å². The minimum absolute atomic E-state index is 0.297. The summed E-state index contributed by atoms with van der Waals surface area (Å²) in [5, 5.41) is 11.6. The first-order valence-corrected chi connectivity index (χ1v) is 6.91. The van der Waals surface area contributed by atoms with Gasteiger partial charge in [-0.05, 0) is 18.3 Å². The topological polar surface area (TPSA) is 84.2 Å². The molecule has 0 spiro atoms. The van der Waals surface area contributed by atoms with Gasteiger partial charge in [-0.1, -0.05) is 20.8 Å². The third-order valence-electron chi connectivity index (χ3n) is 1.97. The summed E-state index contributed by atoms with van der Waals surface area (Å²) in [7, 11) is -1.94. The Bertz CT molecular complexity index is 328. The van der Waals surface area contributed by atoms with Gasteiger partial charge in [-0.15, -0.1) is 0 Å². The highest BCUT2D eigenvalue weighted by atomic mass is 32.2. The molecule has 16 heavy (non-hydrogen) atoms. The lowest BCUT2D eigenvalue weighted by atomic mass is 9.91. The molecule has 0 aliphatic rings. The second kappa shape index (κ2) is 6.10.